The van der Waals surface area contributed by atoms with Crippen LogP contribution in [0, 0.1) is 5.92 Å². The zero-order chi connectivity index (χ0) is 15.6. The van der Waals surface area contributed by atoms with Crippen molar-refractivity contribution < 1.29 is 8.42 Å². The van der Waals surface area contributed by atoms with Gasteiger partial charge in [-0.25, -0.2) is 12.7 Å². The molecule has 21 heavy (non-hydrogen) atoms. The van der Waals surface area contributed by atoms with Gasteiger partial charge in [-0.15, -0.1) is 11.6 Å². The van der Waals surface area contributed by atoms with Crippen molar-refractivity contribution in [1.82, 2.24) is 4.31 Å². The lowest BCUT2D eigenvalue weighted by Gasteiger charge is -2.21. The van der Waals surface area contributed by atoms with Crippen molar-refractivity contribution in [3.63, 3.8) is 0 Å². The molecular formula is C14H18Cl3NO2S. The first-order valence-corrected chi connectivity index (χ1v) is 9.59. The molecule has 0 atom stereocenters. The molecule has 0 spiro atoms. The molecule has 1 aromatic carbocycles. The lowest BCUT2D eigenvalue weighted by molar-refractivity contribution is 0.387. The highest BCUT2D eigenvalue weighted by molar-refractivity contribution is 7.89. The Balaban J connectivity index is 2.29. The molecule has 1 aromatic rings. The summed E-state index contributed by atoms with van der Waals surface area (Å²) in [4.78, 5) is 0.0738. The van der Waals surface area contributed by atoms with Gasteiger partial charge < -0.3 is 0 Å². The largest absolute Gasteiger partial charge is 0.244 e. The number of hydrogen-bond acceptors (Lipinski definition) is 2. The van der Waals surface area contributed by atoms with Crippen LogP contribution in [0.3, 0.4) is 0 Å². The first-order chi connectivity index (χ1) is 9.86. The fraction of sp³-hybridized carbons (Fsp3) is 0.571. The minimum absolute atomic E-state index is 0.0738. The molecule has 0 heterocycles. The Kier molecular flexibility index (Phi) is 5.83. The van der Waals surface area contributed by atoms with Gasteiger partial charge in [0.05, 0.1) is 5.02 Å². The summed E-state index contributed by atoms with van der Waals surface area (Å²) in [6, 6.07) is 2.91. The van der Waals surface area contributed by atoms with E-state index in [1.54, 1.807) is 7.05 Å². The van der Waals surface area contributed by atoms with Gasteiger partial charge in [-0.2, -0.15) is 0 Å². The topological polar surface area (TPSA) is 37.4 Å². The van der Waals surface area contributed by atoms with E-state index < -0.39 is 10.0 Å². The molecule has 1 aliphatic carbocycles. The van der Waals surface area contributed by atoms with Gasteiger partial charge in [0.1, 0.15) is 4.90 Å². The lowest BCUT2D eigenvalue weighted by Crippen LogP contribution is -2.31. The van der Waals surface area contributed by atoms with E-state index in [2.05, 4.69) is 0 Å². The molecule has 0 aliphatic heterocycles. The molecule has 2 rings (SSSR count). The van der Waals surface area contributed by atoms with E-state index >= 15 is 0 Å². The van der Waals surface area contributed by atoms with E-state index in [1.165, 1.54) is 29.3 Å². The predicted octanol–water partition coefficient (Wildman–Crippen LogP) is 4.54. The molecule has 0 radical (unpaired) electrons. The molecular weight excluding hydrogens is 353 g/mol. The monoisotopic (exact) mass is 369 g/mol. The maximum atomic E-state index is 12.7. The molecule has 0 unspecified atom stereocenters. The van der Waals surface area contributed by atoms with Gasteiger partial charge in [-0.05, 0) is 36.5 Å². The van der Waals surface area contributed by atoms with Crippen LogP contribution < -0.4 is 0 Å². The maximum Gasteiger partial charge on any atom is 0.244 e. The van der Waals surface area contributed by atoms with Gasteiger partial charge >= 0.3 is 0 Å². The molecule has 3 nitrogen and oxygen atoms in total. The highest BCUT2D eigenvalue weighted by Gasteiger charge is 2.28. The van der Waals surface area contributed by atoms with Crippen LogP contribution in [0.15, 0.2) is 17.0 Å². The van der Waals surface area contributed by atoms with E-state index in [0.717, 1.165) is 12.8 Å². The summed E-state index contributed by atoms with van der Waals surface area (Å²) in [5.74, 6) is 0.577. The number of nitrogens with zero attached hydrogens (tertiary/aromatic N) is 1. The van der Waals surface area contributed by atoms with Crippen LogP contribution in [-0.2, 0) is 15.9 Å². The summed E-state index contributed by atoms with van der Waals surface area (Å²) in [7, 11) is -2.03. The average Bonchev–Trinajstić information content (AvgIpc) is 2.91. The van der Waals surface area contributed by atoms with Gasteiger partial charge in [0.25, 0.3) is 0 Å². The lowest BCUT2D eigenvalue weighted by atomic mass is 10.1. The third-order valence-corrected chi connectivity index (χ3v) is 6.85. The number of halogens is 3. The summed E-state index contributed by atoms with van der Waals surface area (Å²) in [6.45, 7) is 0.525. The van der Waals surface area contributed by atoms with Crippen molar-refractivity contribution >= 4 is 44.8 Å². The highest BCUT2D eigenvalue weighted by atomic mass is 35.5. The van der Waals surface area contributed by atoms with E-state index in [1.807, 2.05) is 0 Å². The van der Waals surface area contributed by atoms with Crippen LogP contribution in [0.2, 0.25) is 10.0 Å². The van der Waals surface area contributed by atoms with E-state index in [4.69, 9.17) is 34.8 Å². The molecule has 1 saturated carbocycles. The molecule has 0 aromatic heterocycles. The van der Waals surface area contributed by atoms with Crippen molar-refractivity contribution in [3.05, 3.63) is 27.7 Å². The van der Waals surface area contributed by atoms with Crippen LogP contribution in [0.25, 0.3) is 0 Å². The summed E-state index contributed by atoms with van der Waals surface area (Å²) in [5.41, 5.74) is 0.565. The van der Waals surface area contributed by atoms with Crippen molar-refractivity contribution in [2.45, 2.75) is 36.5 Å². The average molecular weight is 371 g/mol. The Morgan fingerprint density at radius 3 is 2.38 bits per heavy atom. The molecule has 0 bridgehead atoms. The van der Waals surface area contributed by atoms with Crippen LogP contribution in [0.4, 0.5) is 0 Å². The van der Waals surface area contributed by atoms with Crippen molar-refractivity contribution in [2.75, 3.05) is 13.6 Å². The minimum atomic E-state index is -3.62. The Hall–Kier alpha value is -0.000000000000000111. The molecule has 7 heteroatoms. The third kappa shape index (κ3) is 3.85. The summed E-state index contributed by atoms with van der Waals surface area (Å²) in [5, 5.41) is 0.513. The Labute approximate surface area is 141 Å². The zero-order valence-electron chi connectivity index (χ0n) is 11.8. The second-order valence-corrected chi connectivity index (χ2v) is 8.54. The van der Waals surface area contributed by atoms with Crippen molar-refractivity contribution in [2.24, 2.45) is 5.92 Å². The quantitative estimate of drug-likeness (QED) is 0.713. The second kappa shape index (κ2) is 7.05. The maximum absolute atomic E-state index is 12.7. The smallest absolute Gasteiger partial charge is 0.207 e. The number of benzene rings is 1. The van der Waals surface area contributed by atoms with E-state index in [9.17, 15) is 8.42 Å². The first kappa shape index (κ1) is 17.4. The van der Waals surface area contributed by atoms with Gasteiger partial charge in [0.15, 0.2) is 0 Å². The van der Waals surface area contributed by atoms with Gasteiger partial charge in [0, 0.05) is 24.5 Å². The summed E-state index contributed by atoms with van der Waals surface area (Å²) >= 11 is 17.8. The molecule has 1 fully saturated rings. The number of hydrogen-bond donors (Lipinski definition) is 0. The third-order valence-electron chi connectivity index (χ3n) is 3.92. The molecule has 0 amide bonds. The standard InChI is InChI=1S/C14H18Cl3NO2S/c1-18(9-10-4-2-3-5-10)21(19,20)14-6-11(8-15)12(16)7-13(14)17/h6-7,10H,2-5,8-9H2,1H3. The summed E-state index contributed by atoms with van der Waals surface area (Å²) in [6.07, 6.45) is 4.52. The fourth-order valence-electron chi connectivity index (χ4n) is 2.69. The van der Waals surface area contributed by atoms with Crippen LogP contribution in [0.1, 0.15) is 31.2 Å². The van der Waals surface area contributed by atoms with Crippen LogP contribution >= 0.6 is 34.8 Å². The van der Waals surface area contributed by atoms with Crippen molar-refractivity contribution in [1.29, 1.82) is 0 Å². The van der Waals surface area contributed by atoms with Gasteiger partial charge in [0.2, 0.25) is 10.0 Å². The number of rotatable bonds is 5. The fourth-order valence-corrected chi connectivity index (χ4v) is 5.07. The SMILES string of the molecule is CN(CC1CCCC1)S(=O)(=O)c1cc(CCl)c(Cl)cc1Cl. The van der Waals surface area contributed by atoms with Crippen molar-refractivity contribution in [3.8, 4) is 0 Å². The first-order valence-electron chi connectivity index (χ1n) is 6.86. The molecule has 118 valence electrons. The minimum Gasteiger partial charge on any atom is -0.207 e. The van der Waals surface area contributed by atoms with Crippen LogP contribution in [0.5, 0.6) is 0 Å². The van der Waals surface area contributed by atoms with E-state index in [0.29, 0.717) is 23.0 Å². The molecule has 0 N–H and O–H groups in total. The second-order valence-electron chi connectivity index (χ2n) is 5.44. The zero-order valence-corrected chi connectivity index (χ0v) is 14.9. The van der Waals surface area contributed by atoms with Gasteiger partial charge in [-0.3, -0.25) is 0 Å². The van der Waals surface area contributed by atoms with Gasteiger partial charge in [-0.1, -0.05) is 36.0 Å². The normalized spacial score (nSPS) is 16.8. The number of sulfonamides is 1. The Morgan fingerprint density at radius 1 is 1.19 bits per heavy atom. The Bertz CT molecular complexity index is 613. The van der Waals surface area contributed by atoms with E-state index in [-0.39, 0.29) is 15.8 Å². The molecule has 1 aliphatic rings. The summed E-state index contributed by atoms with van der Waals surface area (Å²) < 4.78 is 26.7. The molecule has 0 saturated heterocycles. The van der Waals surface area contributed by atoms with Crippen LogP contribution in [-0.4, -0.2) is 26.3 Å². The predicted molar refractivity (Wildman–Crippen MR) is 87.8 cm³/mol. The Morgan fingerprint density at radius 2 is 1.81 bits per heavy atom. The highest BCUT2D eigenvalue weighted by Crippen LogP contribution is 2.32. The number of alkyl halides is 1.